The molecule has 0 saturated carbocycles. The number of fused-ring (bicyclic) bond motifs is 9. The zero-order valence-corrected chi connectivity index (χ0v) is 34.5. The van der Waals surface area contributed by atoms with Crippen LogP contribution in [0, 0.1) is 0 Å². The van der Waals surface area contributed by atoms with Crippen molar-refractivity contribution < 1.29 is 0 Å². The molecular weight excluding hydrogens is 745 g/mol. The minimum absolute atomic E-state index is 0.0427. The first-order valence-electron chi connectivity index (χ1n) is 21.1. The van der Waals surface area contributed by atoms with E-state index >= 15 is 0 Å². The maximum atomic E-state index is 3.74. The Kier molecular flexibility index (Phi) is 7.92. The van der Waals surface area contributed by atoms with Crippen LogP contribution in [0.3, 0.4) is 0 Å². The molecule has 0 spiro atoms. The van der Waals surface area contributed by atoms with Gasteiger partial charge in [-0.2, -0.15) is 0 Å². The van der Waals surface area contributed by atoms with E-state index in [2.05, 4.69) is 212 Å². The molecule has 0 saturated heterocycles. The van der Waals surface area contributed by atoms with Gasteiger partial charge in [0.1, 0.15) is 0 Å². The highest BCUT2D eigenvalue weighted by Crippen LogP contribution is 2.52. The first-order chi connectivity index (χ1) is 29.5. The van der Waals surface area contributed by atoms with Gasteiger partial charge in [0.05, 0.1) is 5.52 Å². The lowest BCUT2D eigenvalue weighted by Crippen LogP contribution is -2.14. The van der Waals surface area contributed by atoms with Crippen LogP contribution in [0.2, 0.25) is 0 Å². The molecule has 2 aliphatic rings. The Morgan fingerprint density at radius 2 is 1.20 bits per heavy atom. The highest BCUT2D eigenvalue weighted by molar-refractivity contribution is 7.19. The summed E-state index contributed by atoms with van der Waals surface area (Å²) in [5.74, 6) is 0. The number of allylic oxidation sites excluding steroid dienone is 1. The number of nitrogens with zero attached hydrogens (tertiary/aromatic N) is 1. The smallest absolute Gasteiger partial charge is 0.0544 e. The Morgan fingerprint density at radius 3 is 2.07 bits per heavy atom. The quantitative estimate of drug-likeness (QED) is 0.178. The SMILES string of the molecule is CC1(C)c2ccccc2-c2c(-c3ccc(N(c4ccc(-c5ccc6sc7c(c6c5)C=CCC7)cc4)c4cccc(-c5cccc6c5[nH]c5ccccc56)c4)cc3)cccc21. The van der Waals surface area contributed by atoms with Gasteiger partial charge in [0.2, 0.25) is 0 Å². The van der Waals surface area contributed by atoms with Crippen LogP contribution < -0.4 is 4.90 Å². The number of aromatic nitrogens is 1. The third kappa shape index (κ3) is 5.46. The van der Waals surface area contributed by atoms with Crippen molar-refractivity contribution in [3.63, 3.8) is 0 Å². The maximum absolute atomic E-state index is 3.74. The molecule has 8 aromatic carbocycles. The van der Waals surface area contributed by atoms with E-state index in [1.165, 1.54) is 86.9 Å². The number of nitrogens with one attached hydrogen (secondary N) is 1. The normalized spacial score (nSPS) is 13.8. The van der Waals surface area contributed by atoms with E-state index in [1.54, 1.807) is 0 Å². The lowest BCUT2D eigenvalue weighted by molar-refractivity contribution is 0.660. The average molecular weight is 787 g/mol. The van der Waals surface area contributed by atoms with Gasteiger partial charge in [0.25, 0.3) is 0 Å². The second-order valence-corrected chi connectivity index (χ2v) is 18.0. The number of H-pyrrole nitrogens is 1. The molecule has 286 valence electrons. The van der Waals surface area contributed by atoms with Crippen molar-refractivity contribution in [3.05, 3.63) is 204 Å². The maximum Gasteiger partial charge on any atom is 0.0544 e. The number of aryl methyl sites for hydroxylation is 1. The number of aromatic amines is 1. The van der Waals surface area contributed by atoms with Crippen LogP contribution in [0.15, 0.2) is 182 Å². The largest absolute Gasteiger partial charge is 0.354 e. The van der Waals surface area contributed by atoms with Crippen molar-refractivity contribution in [1.29, 1.82) is 0 Å². The summed E-state index contributed by atoms with van der Waals surface area (Å²) in [6, 6.07) is 65.3. The second kappa shape index (κ2) is 13.6. The molecular formula is C57H42N2S. The molecule has 2 aromatic heterocycles. The van der Waals surface area contributed by atoms with Crippen LogP contribution in [0.4, 0.5) is 17.1 Å². The van der Waals surface area contributed by atoms with Crippen LogP contribution in [0.5, 0.6) is 0 Å². The summed E-state index contributed by atoms with van der Waals surface area (Å²) < 4.78 is 1.37. The highest BCUT2D eigenvalue weighted by Gasteiger charge is 2.36. The predicted molar refractivity (Wildman–Crippen MR) is 257 cm³/mol. The Bertz CT molecular complexity index is 3340. The molecule has 0 fully saturated rings. The number of thiophene rings is 1. The van der Waals surface area contributed by atoms with Crippen molar-refractivity contribution in [2.45, 2.75) is 32.1 Å². The molecule has 12 rings (SSSR count). The minimum atomic E-state index is -0.0427. The molecule has 0 unspecified atom stereocenters. The lowest BCUT2D eigenvalue weighted by Gasteiger charge is -2.27. The molecule has 60 heavy (non-hydrogen) atoms. The summed E-state index contributed by atoms with van der Waals surface area (Å²) in [5, 5.41) is 3.86. The fourth-order valence-corrected chi connectivity index (χ4v) is 11.3. The van der Waals surface area contributed by atoms with Gasteiger partial charge in [-0.3, -0.25) is 0 Å². The Hall–Kier alpha value is -6.94. The van der Waals surface area contributed by atoms with Gasteiger partial charge in [-0.15, -0.1) is 11.3 Å². The first-order valence-corrected chi connectivity index (χ1v) is 21.9. The number of hydrogen-bond donors (Lipinski definition) is 1. The predicted octanol–water partition coefficient (Wildman–Crippen LogP) is 16.3. The molecule has 1 N–H and O–H groups in total. The van der Waals surface area contributed by atoms with E-state index in [4.69, 9.17) is 0 Å². The van der Waals surface area contributed by atoms with Crippen molar-refractivity contribution in [1.82, 2.24) is 4.98 Å². The van der Waals surface area contributed by atoms with Gasteiger partial charge < -0.3 is 9.88 Å². The van der Waals surface area contributed by atoms with Gasteiger partial charge in [-0.05, 0) is 123 Å². The molecule has 0 amide bonds. The fourth-order valence-electron chi connectivity index (χ4n) is 10.1. The number of rotatable bonds is 6. The Balaban J connectivity index is 0.970. The number of anilines is 3. The molecule has 2 nitrogen and oxygen atoms in total. The fraction of sp³-hybridized carbons (Fsp3) is 0.0877. The number of para-hydroxylation sites is 2. The number of benzene rings is 8. The summed E-state index contributed by atoms with van der Waals surface area (Å²) in [5.41, 5.74) is 19.8. The van der Waals surface area contributed by atoms with Gasteiger partial charge in [0, 0.05) is 59.3 Å². The van der Waals surface area contributed by atoms with E-state index in [-0.39, 0.29) is 5.41 Å². The summed E-state index contributed by atoms with van der Waals surface area (Å²) in [6.07, 6.45) is 6.92. The lowest BCUT2D eigenvalue weighted by atomic mass is 9.82. The van der Waals surface area contributed by atoms with Crippen LogP contribution >= 0.6 is 11.3 Å². The summed E-state index contributed by atoms with van der Waals surface area (Å²) in [6.45, 7) is 4.70. The number of hydrogen-bond acceptors (Lipinski definition) is 2. The van der Waals surface area contributed by atoms with Crippen molar-refractivity contribution in [3.8, 4) is 44.5 Å². The van der Waals surface area contributed by atoms with Gasteiger partial charge >= 0.3 is 0 Å². The monoisotopic (exact) mass is 786 g/mol. The van der Waals surface area contributed by atoms with Crippen molar-refractivity contribution >= 4 is 66.4 Å². The van der Waals surface area contributed by atoms with E-state index in [0.717, 1.165) is 40.9 Å². The topological polar surface area (TPSA) is 19.0 Å². The zero-order valence-electron chi connectivity index (χ0n) is 33.7. The molecule has 2 heterocycles. The summed E-state index contributed by atoms with van der Waals surface area (Å²) >= 11 is 1.95. The van der Waals surface area contributed by atoms with Crippen molar-refractivity contribution in [2.75, 3.05) is 4.90 Å². The molecule has 2 aliphatic carbocycles. The van der Waals surface area contributed by atoms with E-state index in [0.29, 0.717) is 0 Å². The average Bonchev–Trinajstić information content (AvgIpc) is 3.94. The molecule has 3 heteroatoms. The van der Waals surface area contributed by atoms with Crippen LogP contribution in [0.1, 0.15) is 41.8 Å². The molecule has 0 radical (unpaired) electrons. The van der Waals surface area contributed by atoms with Crippen molar-refractivity contribution in [2.24, 2.45) is 0 Å². The second-order valence-electron chi connectivity index (χ2n) is 16.9. The summed E-state index contributed by atoms with van der Waals surface area (Å²) in [4.78, 5) is 7.65. The van der Waals surface area contributed by atoms with Crippen LogP contribution in [-0.4, -0.2) is 4.98 Å². The van der Waals surface area contributed by atoms with Gasteiger partial charge in [0.15, 0.2) is 0 Å². The highest BCUT2D eigenvalue weighted by atomic mass is 32.1. The Morgan fingerprint density at radius 1 is 0.517 bits per heavy atom. The first kappa shape index (κ1) is 35.0. The van der Waals surface area contributed by atoms with Gasteiger partial charge in [-0.25, -0.2) is 0 Å². The summed E-state index contributed by atoms with van der Waals surface area (Å²) in [7, 11) is 0. The Labute approximate surface area is 354 Å². The molecule has 10 aromatic rings. The van der Waals surface area contributed by atoms with Crippen LogP contribution in [0.25, 0.3) is 82.5 Å². The standard InChI is InChI=1S/C57H42N2S/c1-57(2)50-20-6-3-16-48(50)55-43(17-11-21-51(55)57)37-26-31-41(32-27-37)59(40-29-24-36(25-30-40)38-28-33-54-49(35-38)46-15-5-8-23-53(46)60-54)42-13-9-12-39(34-42)44-18-10-19-47-45-14-4-7-22-52(45)58-56(44)47/h3-7,9-22,24-35,58H,8,23H2,1-2H3. The zero-order chi connectivity index (χ0) is 40.0. The van der Waals surface area contributed by atoms with E-state index in [1.807, 2.05) is 11.3 Å². The third-order valence-electron chi connectivity index (χ3n) is 13.1. The van der Waals surface area contributed by atoms with Crippen LogP contribution in [-0.2, 0) is 11.8 Å². The van der Waals surface area contributed by atoms with E-state index < -0.39 is 0 Å². The van der Waals surface area contributed by atoms with Gasteiger partial charge in [-0.1, -0.05) is 147 Å². The molecule has 0 aliphatic heterocycles. The minimum Gasteiger partial charge on any atom is -0.354 e. The molecule has 0 atom stereocenters. The molecule has 0 bridgehead atoms. The van der Waals surface area contributed by atoms with E-state index in [9.17, 15) is 0 Å². The third-order valence-corrected chi connectivity index (χ3v) is 14.3.